The van der Waals surface area contributed by atoms with Crippen LogP contribution in [0.2, 0.25) is 0 Å². The highest BCUT2D eigenvalue weighted by Gasteiger charge is 2.21. The number of carboxylic acid groups (broad SMARTS) is 1. The van der Waals surface area contributed by atoms with Gasteiger partial charge in [0.05, 0.1) is 5.52 Å². The van der Waals surface area contributed by atoms with Crippen molar-refractivity contribution >= 4 is 16.9 Å². The molecule has 0 saturated carbocycles. The van der Waals surface area contributed by atoms with Crippen LogP contribution in [0.5, 0.6) is 0 Å². The van der Waals surface area contributed by atoms with Gasteiger partial charge in [0.1, 0.15) is 0 Å². The van der Waals surface area contributed by atoms with Gasteiger partial charge in [-0.05, 0) is 29.5 Å². The Kier molecular flexibility index (Phi) is 2.86. The Balaban J connectivity index is 2.22. The number of carbonyl (C=O) groups is 1. The summed E-state index contributed by atoms with van der Waals surface area (Å²) >= 11 is 0. The number of hydrogen-bond donors (Lipinski definition) is 1. The van der Waals surface area contributed by atoms with E-state index >= 15 is 0 Å². The van der Waals surface area contributed by atoms with Crippen LogP contribution < -0.4 is 0 Å². The third kappa shape index (κ3) is 1.89. The van der Waals surface area contributed by atoms with Crippen molar-refractivity contribution in [2.45, 2.75) is 13.0 Å². The van der Waals surface area contributed by atoms with Crippen molar-refractivity contribution in [3.05, 3.63) is 36.5 Å². The fraction of sp³-hybridized carbons (Fsp3) is 0.154. The van der Waals surface area contributed by atoms with Crippen molar-refractivity contribution < 1.29 is 9.90 Å². The number of nitrogens with zero attached hydrogens (tertiary/aromatic N) is 5. The first-order valence-electron chi connectivity index (χ1n) is 6.03. The van der Waals surface area contributed by atoms with Gasteiger partial charge in [-0.2, -0.15) is 0 Å². The van der Waals surface area contributed by atoms with E-state index in [2.05, 4.69) is 20.5 Å². The Bertz CT molecular complexity index is 778. The number of pyridine rings is 1. The molecule has 1 N–H and O–H groups in total. The normalized spacial score (nSPS) is 12.4. The molecule has 20 heavy (non-hydrogen) atoms. The van der Waals surface area contributed by atoms with Crippen LogP contribution in [0.1, 0.15) is 13.0 Å². The van der Waals surface area contributed by atoms with Crippen molar-refractivity contribution in [1.29, 1.82) is 0 Å². The minimum absolute atomic E-state index is 0.415. The minimum atomic E-state index is -0.989. The Morgan fingerprint density at radius 3 is 2.95 bits per heavy atom. The molecule has 100 valence electrons. The molecule has 3 aromatic rings. The molecule has 0 saturated heterocycles. The van der Waals surface area contributed by atoms with Crippen molar-refractivity contribution in [3.63, 3.8) is 0 Å². The lowest BCUT2D eigenvalue weighted by Gasteiger charge is -2.10. The van der Waals surface area contributed by atoms with Crippen molar-refractivity contribution in [3.8, 4) is 11.4 Å². The van der Waals surface area contributed by atoms with Gasteiger partial charge in [0, 0.05) is 17.1 Å². The number of aromatic nitrogens is 5. The Labute approximate surface area is 113 Å². The predicted octanol–water partition coefficient (Wildman–Crippen LogP) is 1.53. The van der Waals surface area contributed by atoms with Crippen LogP contribution in [0.4, 0.5) is 0 Å². The van der Waals surface area contributed by atoms with Crippen molar-refractivity contribution in [1.82, 2.24) is 25.2 Å². The monoisotopic (exact) mass is 269 g/mol. The summed E-state index contributed by atoms with van der Waals surface area (Å²) in [4.78, 5) is 15.4. The number of benzene rings is 1. The summed E-state index contributed by atoms with van der Waals surface area (Å²) in [5.41, 5.74) is 1.57. The zero-order valence-corrected chi connectivity index (χ0v) is 10.6. The molecule has 0 aliphatic carbocycles. The van der Waals surface area contributed by atoms with Gasteiger partial charge in [-0.25, -0.2) is 9.48 Å². The highest BCUT2D eigenvalue weighted by atomic mass is 16.4. The molecule has 0 amide bonds. The standard InChI is InChI=1S/C13H11N5O2/c1-8(13(19)20)18-12(15-16-17-18)10-4-2-6-11-9(10)5-3-7-14-11/h2-8H,1H3,(H,19,20). The molecule has 0 fully saturated rings. The van der Waals surface area contributed by atoms with Gasteiger partial charge in [0.2, 0.25) is 0 Å². The fourth-order valence-electron chi connectivity index (χ4n) is 2.03. The maximum atomic E-state index is 11.1. The molecule has 2 heterocycles. The summed E-state index contributed by atoms with van der Waals surface area (Å²) in [6.07, 6.45) is 1.70. The van der Waals surface area contributed by atoms with Crippen LogP contribution >= 0.6 is 0 Å². The average Bonchev–Trinajstić information content (AvgIpc) is 2.94. The van der Waals surface area contributed by atoms with Crippen LogP contribution in [0.3, 0.4) is 0 Å². The first-order chi connectivity index (χ1) is 9.68. The number of aliphatic carboxylic acids is 1. The zero-order chi connectivity index (χ0) is 14.1. The number of carboxylic acids is 1. The van der Waals surface area contributed by atoms with E-state index in [-0.39, 0.29) is 0 Å². The SMILES string of the molecule is CC(C(=O)O)n1nnnc1-c1cccc2ncccc12. The van der Waals surface area contributed by atoms with Gasteiger partial charge in [-0.15, -0.1) is 5.10 Å². The van der Waals surface area contributed by atoms with Gasteiger partial charge < -0.3 is 5.11 Å². The molecule has 1 unspecified atom stereocenters. The fourth-order valence-corrected chi connectivity index (χ4v) is 2.03. The second-order valence-corrected chi connectivity index (χ2v) is 4.34. The molecule has 1 atom stereocenters. The van der Waals surface area contributed by atoms with Gasteiger partial charge in [0.15, 0.2) is 11.9 Å². The number of tetrazole rings is 1. The molecule has 0 spiro atoms. The average molecular weight is 269 g/mol. The van der Waals surface area contributed by atoms with E-state index in [1.807, 2.05) is 30.3 Å². The Hall–Kier alpha value is -2.83. The Morgan fingerprint density at radius 1 is 1.30 bits per heavy atom. The molecule has 3 rings (SSSR count). The van der Waals surface area contributed by atoms with Crippen LogP contribution in [-0.2, 0) is 4.79 Å². The van der Waals surface area contributed by atoms with Crippen LogP contribution in [0.25, 0.3) is 22.3 Å². The molecule has 7 nitrogen and oxygen atoms in total. The molecule has 0 radical (unpaired) electrons. The van der Waals surface area contributed by atoms with Crippen LogP contribution in [-0.4, -0.2) is 36.3 Å². The largest absolute Gasteiger partial charge is 0.480 e. The number of hydrogen-bond acceptors (Lipinski definition) is 5. The molecule has 2 aromatic heterocycles. The smallest absolute Gasteiger partial charge is 0.328 e. The van der Waals surface area contributed by atoms with Gasteiger partial charge in [-0.3, -0.25) is 4.98 Å². The topological polar surface area (TPSA) is 93.8 Å². The summed E-state index contributed by atoms with van der Waals surface area (Å²) in [5.74, 6) is -0.574. The number of rotatable bonds is 3. The molecule has 0 aliphatic heterocycles. The summed E-state index contributed by atoms with van der Waals surface area (Å²) < 4.78 is 1.30. The van der Waals surface area contributed by atoms with Gasteiger partial charge in [-0.1, -0.05) is 18.2 Å². The summed E-state index contributed by atoms with van der Waals surface area (Å²) in [7, 11) is 0. The van der Waals surface area contributed by atoms with Gasteiger partial charge in [0.25, 0.3) is 0 Å². The highest BCUT2D eigenvalue weighted by molar-refractivity contribution is 5.92. The summed E-state index contributed by atoms with van der Waals surface area (Å²) in [6, 6.07) is 8.46. The predicted molar refractivity (Wildman–Crippen MR) is 70.9 cm³/mol. The van der Waals surface area contributed by atoms with Crippen molar-refractivity contribution in [2.75, 3.05) is 0 Å². The first-order valence-corrected chi connectivity index (χ1v) is 6.03. The maximum absolute atomic E-state index is 11.1. The lowest BCUT2D eigenvalue weighted by Crippen LogP contribution is -2.18. The lowest BCUT2D eigenvalue weighted by atomic mass is 10.1. The highest BCUT2D eigenvalue weighted by Crippen LogP contribution is 2.26. The summed E-state index contributed by atoms with van der Waals surface area (Å²) in [6.45, 7) is 1.53. The van der Waals surface area contributed by atoms with Crippen LogP contribution in [0, 0.1) is 0 Å². The van der Waals surface area contributed by atoms with E-state index in [0.717, 1.165) is 16.5 Å². The van der Waals surface area contributed by atoms with E-state index in [4.69, 9.17) is 5.11 Å². The van der Waals surface area contributed by atoms with E-state index < -0.39 is 12.0 Å². The van der Waals surface area contributed by atoms with E-state index in [0.29, 0.717) is 5.82 Å². The molecule has 0 aliphatic rings. The molecule has 0 bridgehead atoms. The van der Waals surface area contributed by atoms with E-state index in [1.165, 1.54) is 11.6 Å². The van der Waals surface area contributed by atoms with E-state index in [1.54, 1.807) is 6.20 Å². The third-order valence-electron chi connectivity index (χ3n) is 3.10. The zero-order valence-electron chi connectivity index (χ0n) is 10.6. The minimum Gasteiger partial charge on any atom is -0.480 e. The quantitative estimate of drug-likeness (QED) is 0.775. The molecule has 7 heteroatoms. The third-order valence-corrected chi connectivity index (χ3v) is 3.10. The molecule has 1 aromatic carbocycles. The number of fused-ring (bicyclic) bond motifs is 1. The molecular weight excluding hydrogens is 258 g/mol. The second-order valence-electron chi connectivity index (χ2n) is 4.34. The first kappa shape index (κ1) is 12.2. The Morgan fingerprint density at radius 2 is 2.15 bits per heavy atom. The van der Waals surface area contributed by atoms with E-state index in [9.17, 15) is 4.79 Å². The lowest BCUT2D eigenvalue weighted by molar-refractivity contribution is -0.140. The van der Waals surface area contributed by atoms with Gasteiger partial charge >= 0.3 is 5.97 Å². The second kappa shape index (κ2) is 4.69. The van der Waals surface area contributed by atoms with Crippen LogP contribution in [0.15, 0.2) is 36.5 Å². The maximum Gasteiger partial charge on any atom is 0.328 e. The summed E-state index contributed by atoms with van der Waals surface area (Å²) in [5, 5.41) is 21.3. The van der Waals surface area contributed by atoms with Crippen molar-refractivity contribution in [2.24, 2.45) is 0 Å². The molecular formula is C13H11N5O2.